The molecule has 0 bridgehead atoms. The van der Waals surface area contributed by atoms with Crippen molar-refractivity contribution in [2.45, 2.75) is 6.42 Å². The van der Waals surface area contributed by atoms with E-state index in [2.05, 4.69) is 0 Å². The molecule has 2 aromatic carbocycles. The fourth-order valence-electron chi connectivity index (χ4n) is 2.21. The molecule has 0 radical (unpaired) electrons. The Morgan fingerprint density at radius 1 is 1.09 bits per heavy atom. The Kier molecular flexibility index (Phi) is 4.10. The maximum absolute atomic E-state index is 12.0. The lowest BCUT2D eigenvalue weighted by atomic mass is 10.1. The number of hydrogen-bond donors (Lipinski definition) is 0. The van der Waals surface area contributed by atoms with Crippen molar-refractivity contribution in [1.82, 2.24) is 0 Å². The lowest BCUT2D eigenvalue weighted by molar-refractivity contribution is 0.0475. The number of furan rings is 1. The molecule has 0 saturated carbocycles. The quantitative estimate of drug-likeness (QED) is 0.671. The van der Waals surface area contributed by atoms with Gasteiger partial charge < -0.3 is 13.9 Å². The zero-order chi connectivity index (χ0) is 15.4. The van der Waals surface area contributed by atoms with Crippen molar-refractivity contribution in [3.63, 3.8) is 0 Å². The zero-order valence-electron chi connectivity index (χ0n) is 12.2. The van der Waals surface area contributed by atoms with E-state index in [-0.39, 0.29) is 5.76 Å². The van der Waals surface area contributed by atoms with Gasteiger partial charge in [0, 0.05) is 11.8 Å². The van der Waals surface area contributed by atoms with Gasteiger partial charge in [-0.2, -0.15) is 0 Å². The molecule has 0 N–H and O–H groups in total. The van der Waals surface area contributed by atoms with Gasteiger partial charge in [-0.25, -0.2) is 4.79 Å². The van der Waals surface area contributed by atoms with E-state index in [0.29, 0.717) is 18.6 Å². The van der Waals surface area contributed by atoms with Crippen molar-refractivity contribution >= 4 is 16.9 Å². The largest absolute Gasteiger partial charge is 0.497 e. The number of hydrogen-bond acceptors (Lipinski definition) is 4. The summed E-state index contributed by atoms with van der Waals surface area (Å²) in [6.07, 6.45) is 0.649. The minimum Gasteiger partial charge on any atom is -0.497 e. The second-order valence-electron chi connectivity index (χ2n) is 4.88. The highest BCUT2D eigenvalue weighted by Crippen LogP contribution is 2.19. The standard InChI is InChI=1S/C18H16O4/c1-20-15-8-6-13(7-9-15)10-11-21-18(19)17-12-14-4-2-3-5-16(14)22-17/h2-9,12H,10-11H2,1H3. The van der Waals surface area contributed by atoms with E-state index in [1.165, 1.54) is 0 Å². The molecule has 112 valence electrons. The third-order valence-electron chi connectivity index (χ3n) is 3.41. The molecule has 0 atom stereocenters. The van der Waals surface area contributed by atoms with Crippen LogP contribution in [0.3, 0.4) is 0 Å². The van der Waals surface area contributed by atoms with Gasteiger partial charge in [0.25, 0.3) is 0 Å². The number of carbonyl (C=O) groups is 1. The number of ether oxygens (including phenoxy) is 2. The first kappa shape index (κ1) is 14.2. The molecule has 0 amide bonds. The fourth-order valence-corrected chi connectivity index (χ4v) is 2.21. The summed E-state index contributed by atoms with van der Waals surface area (Å²) in [5.74, 6) is 0.601. The van der Waals surface area contributed by atoms with Crippen molar-refractivity contribution in [3.05, 3.63) is 65.9 Å². The van der Waals surface area contributed by atoms with E-state index in [4.69, 9.17) is 13.9 Å². The van der Waals surface area contributed by atoms with Crippen molar-refractivity contribution < 1.29 is 18.7 Å². The molecule has 22 heavy (non-hydrogen) atoms. The highest BCUT2D eigenvalue weighted by atomic mass is 16.5. The second kappa shape index (κ2) is 6.35. The summed E-state index contributed by atoms with van der Waals surface area (Å²) in [6.45, 7) is 0.308. The molecule has 1 aromatic heterocycles. The van der Waals surface area contributed by atoms with E-state index in [1.807, 2.05) is 48.5 Å². The number of benzene rings is 2. The van der Waals surface area contributed by atoms with Crippen LogP contribution in [0.2, 0.25) is 0 Å². The summed E-state index contributed by atoms with van der Waals surface area (Å²) in [6, 6.07) is 16.9. The molecule has 4 heteroatoms. The summed E-state index contributed by atoms with van der Waals surface area (Å²) in [4.78, 5) is 12.0. The summed E-state index contributed by atoms with van der Waals surface area (Å²) in [7, 11) is 1.63. The molecule has 0 aliphatic carbocycles. The van der Waals surface area contributed by atoms with E-state index in [9.17, 15) is 4.79 Å². The zero-order valence-corrected chi connectivity index (χ0v) is 12.2. The van der Waals surface area contributed by atoms with Gasteiger partial charge in [0.05, 0.1) is 13.7 Å². The molecule has 0 aliphatic rings. The summed E-state index contributed by atoms with van der Waals surface area (Å²) in [5, 5.41) is 0.893. The average molecular weight is 296 g/mol. The topological polar surface area (TPSA) is 48.7 Å². The van der Waals surface area contributed by atoms with E-state index < -0.39 is 5.97 Å². The first-order valence-corrected chi connectivity index (χ1v) is 7.05. The van der Waals surface area contributed by atoms with Gasteiger partial charge in [-0.1, -0.05) is 30.3 Å². The van der Waals surface area contributed by atoms with Crippen molar-refractivity contribution in [1.29, 1.82) is 0 Å². The normalized spacial score (nSPS) is 10.6. The van der Waals surface area contributed by atoms with Gasteiger partial charge >= 0.3 is 5.97 Å². The summed E-state index contributed by atoms with van der Waals surface area (Å²) in [5.41, 5.74) is 1.77. The van der Waals surface area contributed by atoms with Gasteiger partial charge in [0.1, 0.15) is 11.3 Å². The minimum atomic E-state index is -0.440. The molecule has 0 saturated heterocycles. The number of carbonyl (C=O) groups excluding carboxylic acids is 1. The number of para-hydroxylation sites is 1. The smallest absolute Gasteiger partial charge is 0.374 e. The Balaban J connectivity index is 1.57. The van der Waals surface area contributed by atoms with Crippen LogP contribution in [0, 0.1) is 0 Å². The predicted molar refractivity (Wildman–Crippen MR) is 83.2 cm³/mol. The number of rotatable bonds is 5. The van der Waals surface area contributed by atoms with Crippen molar-refractivity contribution in [2.24, 2.45) is 0 Å². The molecule has 0 unspecified atom stereocenters. The van der Waals surface area contributed by atoms with Gasteiger partial charge in [-0.3, -0.25) is 0 Å². The Morgan fingerprint density at radius 2 is 1.86 bits per heavy atom. The molecule has 3 rings (SSSR count). The molecule has 0 aliphatic heterocycles. The van der Waals surface area contributed by atoms with Crippen LogP contribution in [0.4, 0.5) is 0 Å². The monoisotopic (exact) mass is 296 g/mol. The van der Waals surface area contributed by atoms with Gasteiger partial charge in [0.15, 0.2) is 0 Å². The minimum absolute atomic E-state index is 0.232. The van der Waals surface area contributed by atoms with Gasteiger partial charge in [-0.15, -0.1) is 0 Å². The van der Waals surface area contributed by atoms with Gasteiger partial charge in [-0.05, 0) is 29.8 Å². The first-order valence-electron chi connectivity index (χ1n) is 7.05. The van der Waals surface area contributed by atoms with Crippen LogP contribution in [0.15, 0.2) is 59.0 Å². The van der Waals surface area contributed by atoms with Gasteiger partial charge in [0.2, 0.25) is 5.76 Å². The van der Waals surface area contributed by atoms with Crippen molar-refractivity contribution in [2.75, 3.05) is 13.7 Å². The molecule has 0 spiro atoms. The third kappa shape index (κ3) is 3.11. The number of methoxy groups -OCH3 is 1. The highest BCUT2D eigenvalue weighted by molar-refractivity contribution is 5.92. The Morgan fingerprint density at radius 3 is 2.59 bits per heavy atom. The maximum Gasteiger partial charge on any atom is 0.374 e. The number of fused-ring (bicyclic) bond motifs is 1. The second-order valence-corrected chi connectivity index (χ2v) is 4.88. The van der Waals surface area contributed by atoms with Crippen LogP contribution in [0.5, 0.6) is 5.75 Å². The first-order chi connectivity index (χ1) is 10.8. The summed E-state index contributed by atoms with van der Waals surface area (Å²) < 4.78 is 15.8. The Bertz CT molecular complexity index is 738. The predicted octanol–water partition coefficient (Wildman–Crippen LogP) is 3.84. The SMILES string of the molecule is COc1ccc(CCOC(=O)c2cc3ccccc3o2)cc1. The maximum atomic E-state index is 12.0. The molecule has 1 heterocycles. The third-order valence-corrected chi connectivity index (χ3v) is 3.41. The van der Waals surface area contributed by atoms with Crippen LogP contribution in [0.1, 0.15) is 16.1 Å². The van der Waals surface area contributed by atoms with Crippen LogP contribution in [-0.2, 0) is 11.2 Å². The molecular weight excluding hydrogens is 280 g/mol. The van der Waals surface area contributed by atoms with Crippen LogP contribution in [-0.4, -0.2) is 19.7 Å². The Labute approximate surface area is 128 Å². The fraction of sp³-hybridized carbons (Fsp3) is 0.167. The van der Waals surface area contributed by atoms with Crippen molar-refractivity contribution in [3.8, 4) is 5.75 Å². The lowest BCUT2D eigenvalue weighted by Crippen LogP contribution is -2.07. The summed E-state index contributed by atoms with van der Waals surface area (Å²) >= 11 is 0. The lowest BCUT2D eigenvalue weighted by Gasteiger charge is -2.04. The molecule has 3 aromatic rings. The van der Waals surface area contributed by atoms with E-state index in [1.54, 1.807) is 13.2 Å². The van der Waals surface area contributed by atoms with Crippen LogP contribution in [0.25, 0.3) is 11.0 Å². The van der Waals surface area contributed by atoms with E-state index in [0.717, 1.165) is 16.7 Å². The Hall–Kier alpha value is -2.75. The molecule has 0 fully saturated rings. The highest BCUT2D eigenvalue weighted by Gasteiger charge is 2.13. The van der Waals surface area contributed by atoms with Crippen LogP contribution >= 0.6 is 0 Å². The molecule has 4 nitrogen and oxygen atoms in total. The van der Waals surface area contributed by atoms with Crippen LogP contribution < -0.4 is 4.74 Å². The van der Waals surface area contributed by atoms with E-state index >= 15 is 0 Å². The number of esters is 1. The molecular formula is C18H16O4. The average Bonchev–Trinajstić information content (AvgIpc) is 2.99.